The SMILES string of the molecule is Cc1cccc(N2CCc3sccc3C2C)c1N. The van der Waals surface area contributed by atoms with E-state index in [1.165, 1.54) is 16.1 Å². The number of nitrogens with zero attached hydrogens (tertiary/aromatic N) is 1. The summed E-state index contributed by atoms with van der Waals surface area (Å²) in [5.74, 6) is 0. The molecule has 2 heterocycles. The van der Waals surface area contributed by atoms with Crippen LogP contribution in [0.15, 0.2) is 29.6 Å². The zero-order valence-electron chi connectivity index (χ0n) is 10.8. The number of nitrogen functional groups attached to an aromatic ring is 1. The molecule has 1 aromatic heterocycles. The van der Waals surface area contributed by atoms with Gasteiger partial charge in [-0.05, 0) is 48.9 Å². The number of benzene rings is 1. The normalized spacial score (nSPS) is 18.8. The van der Waals surface area contributed by atoms with Crippen LogP contribution in [0.2, 0.25) is 0 Å². The molecular weight excluding hydrogens is 240 g/mol. The van der Waals surface area contributed by atoms with Crippen molar-refractivity contribution in [1.29, 1.82) is 0 Å². The van der Waals surface area contributed by atoms with Crippen molar-refractivity contribution in [2.45, 2.75) is 26.3 Å². The van der Waals surface area contributed by atoms with Crippen LogP contribution in [0, 0.1) is 6.92 Å². The van der Waals surface area contributed by atoms with Crippen LogP contribution in [0.1, 0.15) is 29.0 Å². The van der Waals surface area contributed by atoms with Gasteiger partial charge in [-0.3, -0.25) is 0 Å². The van der Waals surface area contributed by atoms with Crippen LogP contribution in [0.3, 0.4) is 0 Å². The summed E-state index contributed by atoms with van der Waals surface area (Å²) < 4.78 is 0. The molecule has 0 spiro atoms. The van der Waals surface area contributed by atoms with Crippen molar-refractivity contribution >= 4 is 22.7 Å². The number of rotatable bonds is 1. The molecule has 1 aliphatic rings. The number of para-hydroxylation sites is 1. The van der Waals surface area contributed by atoms with Gasteiger partial charge in [-0.15, -0.1) is 11.3 Å². The fourth-order valence-electron chi connectivity index (χ4n) is 2.75. The van der Waals surface area contributed by atoms with Gasteiger partial charge in [0.05, 0.1) is 17.4 Å². The van der Waals surface area contributed by atoms with Crippen LogP contribution in [0.5, 0.6) is 0 Å². The molecule has 2 nitrogen and oxygen atoms in total. The Balaban J connectivity index is 2.02. The van der Waals surface area contributed by atoms with E-state index in [2.05, 4.69) is 48.4 Å². The van der Waals surface area contributed by atoms with Crippen molar-refractivity contribution in [2.24, 2.45) is 0 Å². The molecule has 94 valence electrons. The van der Waals surface area contributed by atoms with Crippen LogP contribution in [0.4, 0.5) is 11.4 Å². The first-order valence-corrected chi connectivity index (χ1v) is 7.24. The molecule has 3 rings (SSSR count). The summed E-state index contributed by atoms with van der Waals surface area (Å²) in [4.78, 5) is 3.96. The highest BCUT2D eigenvalue weighted by Gasteiger charge is 2.26. The second-order valence-corrected chi connectivity index (χ2v) is 5.93. The number of hydrogen-bond donors (Lipinski definition) is 1. The highest BCUT2D eigenvalue weighted by molar-refractivity contribution is 7.10. The van der Waals surface area contributed by atoms with Crippen molar-refractivity contribution in [3.63, 3.8) is 0 Å². The van der Waals surface area contributed by atoms with Gasteiger partial charge in [0.25, 0.3) is 0 Å². The first kappa shape index (κ1) is 11.6. The monoisotopic (exact) mass is 258 g/mol. The van der Waals surface area contributed by atoms with Crippen molar-refractivity contribution < 1.29 is 0 Å². The lowest BCUT2D eigenvalue weighted by molar-refractivity contribution is 0.633. The summed E-state index contributed by atoms with van der Waals surface area (Å²) in [6, 6.07) is 8.98. The van der Waals surface area contributed by atoms with E-state index in [-0.39, 0.29) is 0 Å². The zero-order chi connectivity index (χ0) is 12.7. The van der Waals surface area contributed by atoms with Crippen LogP contribution >= 0.6 is 11.3 Å². The molecule has 0 saturated carbocycles. The smallest absolute Gasteiger partial charge is 0.0607 e. The molecule has 0 amide bonds. The van der Waals surface area contributed by atoms with E-state index in [4.69, 9.17) is 5.73 Å². The maximum absolute atomic E-state index is 6.23. The first-order valence-electron chi connectivity index (χ1n) is 6.36. The maximum atomic E-state index is 6.23. The van der Waals surface area contributed by atoms with Crippen molar-refractivity contribution in [3.05, 3.63) is 45.6 Å². The summed E-state index contributed by atoms with van der Waals surface area (Å²) in [5.41, 5.74) is 11.0. The minimum absolute atomic E-state index is 0.420. The second-order valence-electron chi connectivity index (χ2n) is 4.93. The molecule has 0 bridgehead atoms. The number of thiophene rings is 1. The Labute approximate surface area is 112 Å². The Morgan fingerprint density at radius 2 is 2.17 bits per heavy atom. The topological polar surface area (TPSA) is 29.3 Å². The molecule has 2 aromatic rings. The van der Waals surface area contributed by atoms with E-state index in [9.17, 15) is 0 Å². The van der Waals surface area contributed by atoms with Crippen LogP contribution in [0.25, 0.3) is 0 Å². The van der Waals surface area contributed by atoms with Crippen molar-refractivity contribution in [2.75, 3.05) is 17.2 Å². The maximum Gasteiger partial charge on any atom is 0.0607 e. The van der Waals surface area contributed by atoms with Gasteiger partial charge in [0.2, 0.25) is 0 Å². The fourth-order valence-corrected chi connectivity index (χ4v) is 3.72. The number of nitrogens with two attached hydrogens (primary N) is 1. The quantitative estimate of drug-likeness (QED) is 0.789. The van der Waals surface area contributed by atoms with Gasteiger partial charge in [-0.1, -0.05) is 12.1 Å². The van der Waals surface area contributed by atoms with Crippen molar-refractivity contribution in [3.8, 4) is 0 Å². The van der Waals surface area contributed by atoms with E-state index in [0.717, 1.165) is 24.2 Å². The van der Waals surface area contributed by atoms with E-state index < -0.39 is 0 Å². The average Bonchev–Trinajstić information content (AvgIpc) is 2.83. The van der Waals surface area contributed by atoms with Gasteiger partial charge in [0, 0.05) is 11.4 Å². The predicted molar refractivity (Wildman–Crippen MR) is 79.4 cm³/mol. The lowest BCUT2D eigenvalue weighted by Gasteiger charge is -2.36. The minimum Gasteiger partial charge on any atom is -0.397 e. The Hall–Kier alpha value is -1.48. The Morgan fingerprint density at radius 3 is 3.00 bits per heavy atom. The first-order chi connectivity index (χ1) is 8.68. The number of hydrogen-bond acceptors (Lipinski definition) is 3. The van der Waals surface area contributed by atoms with E-state index in [1.807, 2.05) is 11.3 Å². The molecule has 1 atom stereocenters. The van der Waals surface area contributed by atoms with E-state index in [1.54, 1.807) is 0 Å². The third-order valence-corrected chi connectivity index (χ3v) is 4.88. The lowest BCUT2D eigenvalue weighted by Crippen LogP contribution is -2.33. The molecule has 0 saturated heterocycles. The molecule has 0 radical (unpaired) electrons. The fraction of sp³-hybridized carbons (Fsp3) is 0.333. The average molecular weight is 258 g/mol. The van der Waals surface area contributed by atoms with Crippen LogP contribution in [-0.4, -0.2) is 6.54 Å². The van der Waals surface area contributed by atoms with Crippen LogP contribution in [-0.2, 0) is 6.42 Å². The molecule has 1 aromatic carbocycles. The number of fused-ring (bicyclic) bond motifs is 1. The molecule has 0 fully saturated rings. The third kappa shape index (κ3) is 1.70. The standard InChI is InChI=1S/C15H18N2S/c1-10-4-3-5-13(15(10)16)17-8-6-14-12(11(17)2)7-9-18-14/h3-5,7,9,11H,6,8,16H2,1-2H3. The molecule has 3 heteroatoms. The van der Waals surface area contributed by atoms with Gasteiger partial charge in [0.1, 0.15) is 0 Å². The highest BCUT2D eigenvalue weighted by atomic mass is 32.1. The lowest BCUT2D eigenvalue weighted by atomic mass is 9.99. The minimum atomic E-state index is 0.420. The largest absolute Gasteiger partial charge is 0.397 e. The van der Waals surface area contributed by atoms with E-state index >= 15 is 0 Å². The Morgan fingerprint density at radius 1 is 1.33 bits per heavy atom. The van der Waals surface area contributed by atoms with Gasteiger partial charge in [-0.2, -0.15) is 0 Å². The third-order valence-electron chi connectivity index (χ3n) is 3.89. The Bertz CT molecular complexity index is 574. The van der Waals surface area contributed by atoms with Crippen molar-refractivity contribution in [1.82, 2.24) is 0 Å². The molecule has 18 heavy (non-hydrogen) atoms. The molecular formula is C15H18N2S. The van der Waals surface area contributed by atoms with E-state index in [0.29, 0.717) is 6.04 Å². The van der Waals surface area contributed by atoms with Gasteiger partial charge < -0.3 is 10.6 Å². The number of aryl methyl sites for hydroxylation is 1. The molecule has 2 N–H and O–H groups in total. The zero-order valence-corrected chi connectivity index (χ0v) is 11.6. The Kier molecular flexibility index (Phi) is 2.78. The molecule has 1 aliphatic heterocycles. The van der Waals surface area contributed by atoms with Gasteiger partial charge in [-0.25, -0.2) is 0 Å². The van der Waals surface area contributed by atoms with Crippen LogP contribution < -0.4 is 10.6 Å². The predicted octanol–water partition coefficient (Wildman–Crippen LogP) is 3.76. The summed E-state index contributed by atoms with van der Waals surface area (Å²) in [6.45, 7) is 5.40. The summed E-state index contributed by atoms with van der Waals surface area (Å²) in [7, 11) is 0. The molecule has 0 aliphatic carbocycles. The second kappa shape index (κ2) is 4.32. The number of anilines is 2. The summed E-state index contributed by atoms with van der Waals surface area (Å²) >= 11 is 1.88. The summed E-state index contributed by atoms with van der Waals surface area (Å²) in [6.07, 6.45) is 1.13. The molecule has 1 unspecified atom stereocenters. The summed E-state index contributed by atoms with van der Waals surface area (Å²) in [5, 5.41) is 2.20. The highest BCUT2D eigenvalue weighted by Crippen LogP contribution is 2.38. The van der Waals surface area contributed by atoms with Gasteiger partial charge >= 0.3 is 0 Å². The van der Waals surface area contributed by atoms with Gasteiger partial charge in [0.15, 0.2) is 0 Å².